The minimum Gasteiger partial charge on any atom is -0.323 e. The first kappa shape index (κ1) is 15.8. The van der Waals surface area contributed by atoms with Crippen molar-refractivity contribution in [1.82, 2.24) is 15.6 Å². The van der Waals surface area contributed by atoms with E-state index in [4.69, 9.17) is 0 Å². The molecule has 26 heavy (non-hydrogen) atoms. The summed E-state index contributed by atoms with van der Waals surface area (Å²) in [7, 11) is 0. The van der Waals surface area contributed by atoms with Crippen LogP contribution in [0.25, 0.3) is 0 Å². The summed E-state index contributed by atoms with van der Waals surface area (Å²) < 4.78 is 0. The molecule has 4 rings (SSSR count). The van der Waals surface area contributed by atoms with Gasteiger partial charge in [0.2, 0.25) is 11.4 Å². The summed E-state index contributed by atoms with van der Waals surface area (Å²) in [6, 6.07) is 9.13. The first-order chi connectivity index (χ1) is 12.5. The number of carbonyl (C=O) groups is 4. The molecule has 3 heterocycles. The van der Waals surface area contributed by atoms with E-state index in [1.807, 2.05) is 0 Å². The first-order valence-corrected chi connectivity index (χ1v) is 7.77. The second kappa shape index (κ2) is 5.66. The smallest absolute Gasteiger partial charge is 0.323 e. The molecule has 2 aliphatic rings. The number of benzene rings is 1. The van der Waals surface area contributed by atoms with Crippen molar-refractivity contribution in [2.75, 3.05) is 16.8 Å². The molecule has 1 unspecified atom stereocenters. The van der Waals surface area contributed by atoms with E-state index in [1.165, 1.54) is 11.1 Å². The number of imide groups is 1. The molecule has 1 saturated heterocycles. The molecule has 1 fully saturated rings. The summed E-state index contributed by atoms with van der Waals surface area (Å²) >= 11 is 0. The average molecular weight is 351 g/mol. The zero-order chi connectivity index (χ0) is 18.3. The van der Waals surface area contributed by atoms with Crippen molar-refractivity contribution in [3.05, 3.63) is 54.4 Å². The van der Waals surface area contributed by atoms with E-state index in [2.05, 4.69) is 20.9 Å². The van der Waals surface area contributed by atoms with Crippen LogP contribution >= 0.6 is 0 Å². The minimum absolute atomic E-state index is 0.310. The van der Waals surface area contributed by atoms with Gasteiger partial charge >= 0.3 is 6.03 Å². The molecular weight excluding hydrogens is 338 g/mol. The average Bonchev–Trinajstić information content (AvgIpc) is 3.06. The fourth-order valence-electron chi connectivity index (χ4n) is 3.19. The van der Waals surface area contributed by atoms with E-state index in [0.29, 0.717) is 16.9 Å². The van der Waals surface area contributed by atoms with E-state index < -0.39 is 29.3 Å². The van der Waals surface area contributed by atoms with Gasteiger partial charge in [-0.3, -0.25) is 29.6 Å². The molecule has 0 radical (unpaired) electrons. The van der Waals surface area contributed by atoms with Gasteiger partial charge in [-0.1, -0.05) is 18.2 Å². The zero-order valence-electron chi connectivity index (χ0n) is 13.4. The number of pyridine rings is 1. The van der Waals surface area contributed by atoms with Crippen LogP contribution in [0.4, 0.5) is 16.2 Å². The molecule has 9 heteroatoms. The first-order valence-electron chi connectivity index (χ1n) is 7.77. The van der Waals surface area contributed by atoms with Gasteiger partial charge in [0, 0.05) is 11.8 Å². The highest BCUT2D eigenvalue weighted by atomic mass is 16.2. The molecule has 130 valence electrons. The van der Waals surface area contributed by atoms with Gasteiger partial charge in [0.15, 0.2) is 0 Å². The molecule has 1 spiro atoms. The summed E-state index contributed by atoms with van der Waals surface area (Å²) in [4.78, 5) is 54.4. The molecule has 0 saturated carbocycles. The van der Waals surface area contributed by atoms with Crippen molar-refractivity contribution in [2.24, 2.45) is 0 Å². The Labute approximate surface area is 147 Å². The number of nitrogens with one attached hydrogen (secondary N) is 3. The van der Waals surface area contributed by atoms with E-state index >= 15 is 0 Å². The molecule has 1 aromatic heterocycles. The number of para-hydroxylation sites is 1. The second-order valence-corrected chi connectivity index (χ2v) is 5.86. The van der Waals surface area contributed by atoms with Gasteiger partial charge in [-0.05, 0) is 18.2 Å². The van der Waals surface area contributed by atoms with E-state index in [9.17, 15) is 19.2 Å². The largest absolute Gasteiger partial charge is 0.323 e. The standard InChI is InChI=1S/C17H13N5O4/c23-13(19-10-4-3-7-18-8-10)9-22-12-6-2-1-5-11(12)17(15(22)25)14(24)20-16(26)21-17/h1-8H,9H2,(H,19,23)(H2,20,21,24,26). The number of urea groups is 1. The molecule has 5 amide bonds. The van der Waals surface area contributed by atoms with Crippen LogP contribution in [0.3, 0.4) is 0 Å². The predicted molar refractivity (Wildman–Crippen MR) is 90.0 cm³/mol. The van der Waals surface area contributed by atoms with Crippen molar-refractivity contribution in [3.8, 4) is 0 Å². The maximum atomic E-state index is 13.0. The minimum atomic E-state index is -1.83. The molecule has 2 aromatic rings. The number of fused-ring (bicyclic) bond motifs is 2. The lowest BCUT2D eigenvalue weighted by Gasteiger charge is -2.20. The molecule has 1 atom stereocenters. The fourth-order valence-corrected chi connectivity index (χ4v) is 3.19. The molecular formula is C17H13N5O4. The van der Waals surface area contributed by atoms with E-state index in [-0.39, 0.29) is 6.54 Å². The highest BCUT2D eigenvalue weighted by Crippen LogP contribution is 2.41. The summed E-state index contributed by atoms with van der Waals surface area (Å²) in [5.41, 5.74) is -0.611. The van der Waals surface area contributed by atoms with Crippen LogP contribution in [-0.4, -0.2) is 35.3 Å². The Bertz CT molecular complexity index is 945. The van der Waals surface area contributed by atoms with Gasteiger partial charge in [0.25, 0.3) is 11.8 Å². The van der Waals surface area contributed by atoms with Gasteiger partial charge in [0.05, 0.1) is 17.6 Å². The highest BCUT2D eigenvalue weighted by molar-refractivity contribution is 6.28. The second-order valence-electron chi connectivity index (χ2n) is 5.86. The van der Waals surface area contributed by atoms with Crippen LogP contribution in [-0.2, 0) is 19.9 Å². The van der Waals surface area contributed by atoms with Gasteiger partial charge in [-0.15, -0.1) is 0 Å². The summed E-state index contributed by atoms with van der Waals surface area (Å²) in [5, 5.41) is 7.13. The zero-order valence-corrected chi connectivity index (χ0v) is 13.4. The maximum absolute atomic E-state index is 13.0. The Hall–Kier alpha value is -3.75. The maximum Gasteiger partial charge on any atom is 0.323 e. The molecule has 2 aliphatic heterocycles. The van der Waals surface area contributed by atoms with Crippen LogP contribution < -0.4 is 20.9 Å². The normalized spacial score (nSPS) is 20.8. The predicted octanol–water partition coefficient (Wildman–Crippen LogP) is 0.102. The third-order valence-corrected chi connectivity index (χ3v) is 4.28. The van der Waals surface area contributed by atoms with E-state index in [0.717, 1.165) is 0 Å². The lowest BCUT2D eigenvalue weighted by molar-refractivity contribution is -0.134. The molecule has 0 aliphatic carbocycles. The van der Waals surface area contributed by atoms with Crippen LogP contribution in [0, 0.1) is 0 Å². The molecule has 0 bridgehead atoms. The quantitative estimate of drug-likeness (QED) is 0.535. The number of amides is 5. The van der Waals surface area contributed by atoms with Crippen molar-refractivity contribution >= 4 is 35.1 Å². The van der Waals surface area contributed by atoms with Crippen molar-refractivity contribution in [2.45, 2.75) is 5.54 Å². The Kier molecular flexibility index (Phi) is 3.43. The number of aromatic nitrogens is 1. The van der Waals surface area contributed by atoms with E-state index in [1.54, 1.807) is 42.6 Å². The van der Waals surface area contributed by atoms with Crippen LogP contribution in [0.5, 0.6) is 0 Å². The summed E-state index contributed by atoms with van der Waals surface area (Å²) in [5.74, 6) is -1.89. The molecule has 9 nitrogen and oxygen atoms in total. The Morgan fingerprint density at radius 2 is 1.96 bits per heavy atom. The monoisotopic (exact) mass is 351 g/mol. The van der Waals surface area contributed by atoms with Crippen molar-refractivity contribution in [1.29, 1.82) is 0 Å². The Morgan fingerprint density at radius 1 is 1.15 bits per heavy atom. The molecule has 1 aromatic carbocycles. The molecule has 3 N–H and O–H groups in total. The number of hydrogen-bond donors (Lipinski definition) is 3. The van der Waals surface area contributed by atoms with Gasteiger partial charge < -0.3 is 10.6 Å². The van der Waals surface area contributed by atoms with Crippen LogP contribution in [0.15, 0.2) is 48.8 Å². The highest BCUT2D eigenvalue weighted by Gasteiger charge is 2.61. The number of nitrogens with zero attached hydrogens (tertiary/aromatic N) is 2. The Balaban J connectivity index is 1.65. The van der Waals surface area contributed by atoms with Gasteiger partial charge in [-0.2, -0.15) is 0 Å². The number of carbonyl (C=O) groups excluding carboxylic acids is 4. The van der Waals surface area contributed by atoms with Crippen LogP contribution in [0.1, 0.15) is 5.56 Å². The summed E-state index contributed by atoms with van der Waals surface area (Å²) in [6.07, 6.45) is 3.05. The van der Waals surface area contributed by atoms with Crippen LogP contribution in [0.2, 0.25) is 0 Å². The van der Waals surface area contributed by atoms with Gasteiger partial charge in [-0.25, -0.2) is 4.79 Å². The third kappa shape index (κ3) is 2.21. The number of hydrogen-bond acceptors (Lipinski definition) is 5. The number of anilines is 2. The lowest BCUT2D eigenvalue weighted by atomic mass is 9.92. The topological polar surface area (TPSA) is 121 Å². The number of rotatable bonds is 3. The van der Waals surface area contributed by atoms with Crippen molar-refractivity contribution < 1.29 is 19.2 Å². The fraction of sp³-hybridized carbons (Fsp3) is 0.118. The Morgan fingerprint density at radius 3 is 2.65 bits per heavy atom. The SMILES string of the molecule is O=C(CN1C(=O)C2(NC(=O)NC2=O)c2ccccc21)Nc1cccnc1. The van der Waals surface area contributed by atoms with Gasteiger partial charge in [0.1, 0.15) is 6.54 Å². The lowest BCUT2D eigenvalue weighted by Crippen LogP contribution is -2.53. The summed E-state index contributed by atoms with van der Waals surface area (Å²) in [6.45, 7) is -0.310. The van der Waals surface area contributed by atoms with Crippen molar-refractivity contribution in [3.63, 3.8) is 0 Å². The third-order valence-electron chi connectivity index (χ3n) is 4.28.